The van der Waals surface area contributed by atoms with Crippen LogP contribution in [0.5, 0.6) is 11.5 Å². The molecule has 9 nitrogen and oxygen atoms in total. The minimum absolute atomic E-state index is 0.0674. The average Bonchev–Trinajstić information content (AvgIpc) is 2.78. The van der Waals surface area contributed by atoms with Gasteiger partial charge in [0, 0.05) is 29.9 Å². The molecule has 2 amide bonds. The van der Waals surface area contributed by atoms with E-state index >= 15 is 0 Å². The van der Waals surface area contributed by atoms with E-state index in [2.05, 4.69) is 5.32 Å². The summed E-state index contributed by atoms with van der Waals surface area (Å²) >= 11 is 5.85. The molecule has 0 saturated carbocycles. The van der Waals surface area contributed by atoms with E-state index < -0.39 is 21.8 Å². The van der Waals surface area contributed by atoms with Crippen molar-refractivity contribution in [3.63, 3.8) is 0 Å². The lowest BCUT2D eigenvalue weighted by atomic mass is 9.98. The molecule has 1 heterocycles. The number of hydrogen-bond donors (Lipinski definition) is 2. The summed E-state index contributed by atoms with van der Waals surface area (Å²) in [5.74, 6) is -0.859. The smallest absolute Gasteiger partial charge is 0.255 e. The van der Waals surface area contributed by atoms with Gasteiger partial charge in [-0.1, -0.05) is 11.6 Å². The fraction of sp³-hybridized carbons (Fsp3) is 0.333. The zero-order valence-electron chi connectivity index (χ0n) is 17.4. The number of hydrogen-bond acceptors (Lipinski definition) is 6. The summed E-state index contributed by atoms with van der Waals surface area (Å²) in [6, 6.07) is 10.7. The van der Waals surface area contributed by atoms with Crippen molar-refractivity contribution in [1.29, 1.82) is 0 Å². The van der Waals surface area contributed by atoms with E-state index in [-0.39, 0.29) is 29.7 Å². The number of nitrogens with zero attached hydrogens (tertiary/aromatic N) is 1. The maximum Gasteiger partial charge on any atom is 0.255 e. The number of primary amides is 1. The topological polar surface area (TPSA) is 128 Å². The van der Waals surface area contributed by atoms with Crippen LogP contribution in [0.15, 0.2) is 47.4 Å². The molecule has 3 rings (SSSR count). The summed E-state index contributed by atoms with van der Waals surface area (Å²) < 4.78 is 37.7. The molecule has 1 aliphatic rings. The van der Waals surface area contributed by atoms with Gasteiger partial charge in [0.15, 0.2) is 18.1 Å². The fourth-order valence-corrected chi connectivity index (χ4v) is 5.04. The molecule has 0 bridgehead atoms. The number of sulfonamides is 1. The minimum atomic E-state index is -3.73. The second-order valence-corrected chi connectivity index (χ2v) is 9.64. The van der Waals surface area contributed by atoms with Gasteiger partial charge < -0.3 is 20.5 Å². The number of methoxy groups -OCH3 is 1. The zero-order chi connectivity index (χ0) is 23.3. The molecule has 32 heavy (non-hydrogen) atoms. The molecule has 1 saturated heterocycles. The third kappa shape index (κ3) is 5.70. The Morgan fingerprint density at radius 2 is 1.91 bits per heavy atom. The highest BCUT2D eigenvalue weighted by Crippen LogP contribution is 2.31. The van der Waals surface area contributed by atoms with Crippen LogP contribution in [0, 0.1) is 5.92 Å². The molecular weight excluding hydrogens is 458 g/mol. The number of benzene rings is 2. The zero-order valence-corrected chi connectivity index (χ0v) is 19.0. The number of carbonyl (C=O) groups excluding carboxylic acids is 2. The molecule has 1 fully saturated rings. The van der Waals surface area contributed by atoms with Crippen LogP contribution in [0.1, 0.15) is 12.8 Å². The van der Waals surface area contributed by atoms with Crippen molar-refractivity contribution in [3.05, 3.63) is 47.5 Å². The minimum Gasteiger partial charge on any atom is -0.493 e. The Hall–Kier alpha value is -2.82. The predicted molar refractivity (Wildman–Crippen MR) is 119 cm³/mol. The monoisotopic (exact) mass is 481 g/mol. The van der Waals surface area contributed by atoms with Gasteiger partial charge >= 0.3 is 0 Å². The van der Waals surface area contributed by atoms with Gasteiger partial charge in [-0.15, -0.1) is 0 Å². The molecule has 1 atom stereocenters. The molecule has 0 aliphatic carbocycles. The van der Waals surface area contributed by atoms with Gasteiger partial charge in [-0.25, -0.2) is 8.42 Å². The Kier molecular flexibility index (Phi) is 7.60. The number of halogens is 1. The third-order valence-electron chi connectivity index (χ3n) is 5.01. The van der Waals surface area contributed by atoms with Gasteiger partial charge in [0.2, 0.25) is 15.9 Å². The molecular formula is C21H24ClN3O6S. The maximum atomic E-state index is 13.0. The number of anilines is 1. The summed E-state index contributed by atoms with van der Waals surface area (Å²) in [6.45, 7) is 0.0638. The third-order valence-corrected chi connectivity index (χ3v) is 7.14. The molecule has 11 heteroatoms. The van der Waals surface area contributed by atoms with Crippen LogP contribution in [0.4, 0.5) is 5.69 Å². The Labute approximate surface area is 191 Å². The lowest BCUT2D eigenvalue weighted by Gasteiger charge is -2.31. The Balaban J connectivity index is 1.71. The van der Waals surface area contributed by atoms with Gasteiger partial charge in [0.05, 0.1) is 17.9 Å². The number of carbonyl (C=O) groups is 2. The number of nitrogens with one attached hydrogen (secondary N) is 1. The first-order valence-electron chi connectivity index (χ1n) is 9.86. The van der Waals surface area contributed by atoms with Crippen LogP contribution in [-0.2, 0) is 19.6 Å². The van der Waals surface area contributed by atoms with Crippen molar-refractivity contribution in [2.75, 3.05) is 32.1 Å². The molecule has 0 aromatic heterocycles. The molecule has 0 radical (unpaired) electrons. The second-order valence-electron chi connectivity index (χ2n) is 7.27. The average molecular weight is 482 g/mol. The van der Waals surface area contributed by atoms with E-state index in [0.29, 0.717) is 35.8 Å². The molecule has 2 aromatic rings. The molecule has 1 unspecified atom stereocenters. The van der Waals surface area contributed by atoms with Crippen molar-refractivity contribution >= 4 is 39.1 Å². The highest BCUT2D eigenvalue weighted by molar-refractivity contribution is 7.89. The van der Waals surface area contributed by atoms with Crippen LogP contribution in [0.2, 0.25) is 5.02 Å². The summed E-state index contributed by atoms with van der Waals surface area (Å²) in [6.07, 6.45) is 1.11. The van der Waals surface area contributed by atoms with Crippen LogP contribution in [0.3, 0.4) is 0 Å². The van der Waals surface area contributed by atoms with Gasteiger partial charge in [-0.3, -0.25) is 9.59 Å². The number of ether oxygens (including phenoxy) is 2. The Bertz CT molecular complexity index is 1090. The van der Waals surface area contributed by atoms with Crippen molar-refractivity contribution in [1.82, 2.24) is 4.31 Å². The largest absolute Gasteiger partial charge is 0.493 e. The van der Waals surface area contributed by atoms with Crippen molar-refractivity contribution in [3.8, 4) is 11.5 Å². The van der Waals surface area contributed by atoms with Gasteiger partial charge in [-0.05, 0) is 49.2 Å². The van der Waals surface area contributed by atoms with Crippen molar-refractivity contribution < 1.29 is 27.5 Å². The van der Waals surface area contributed by atoms with Crippen LogP contribution < -0.4 is 20.5 Å². The fourth-order valence-electron chi connectivity index (χ4n) is 3.39. The molecule has 3 N–H and O–H groups in total. The maximum absolute atomic E-state index is 13.0. The van der Waals surface area contributed by atoms with Gasteiger partial charge in [0.1, 0.15) is 0 Å². The summed E-state index contributed by atoms with van der Waals surface area (Å²) in [4.78, 5) is 24.0. The molecule has 1 aliphatic heterocycles. The van der Waals surface area contributed by atoms with Crippen LogP contribution in [0.25, 0.3) is 0 Å². The first kappa shape index (κ1) is 23.8. The molecule has 0 spiro atoms. The van der Waals surface area contributed by atoms with E-state index in [4.69, 9.17) is 26.8 Å². The van der Waals surface area contributed by atoms with E-state index in [1.54, 1.807) is 12.1 Å². The quantitative estimate of drug-likeness (QED) is 0.595. The van der Waals surface area contributed by atoms with E-state index in [9.17, 15) is 18.0 Å². The number of nitrogens with two attached hydrogens (primary N) is 1. The van der Waals surface area contributed by atoms with E-state index in [1.165, 1.54) is 41.7 Å². The van der Waals surface area contributed by atoms with Crippen molar-refractivity contribution in [2.24, 2.45) is 11.7 Å². The van der Waals surface area contributed by atoms with Crippen LogP contribution in [-0.4, -0.2) is 51.3 Å². The first-order chi connectivity index (χ1) is 15.2. The number of piperidine rings is 1. The summed E-state index contributed by atoms with van der Waals surface area (Å²) in [7, 11) is -2.29. The van der Waals surface area contributed by atoms with E-state index in [0.717, 1.165) is 0 Å². The number of amides is 2. The predicted octanol–water partition coefficient (Wildman–Crippen LogP) is 2.25. The van der Waals surface area contributed by atoms with Crippen LogP contribution >= 0.6 is 11.6 Å². The van der Waals surface area contributed by atoms with Gasteiger partial charge in [0.25, 0.3) is 5.91 Å². The van der Waals surface area contributed by atoms with Crippen molar-refractivity contribution in [2.45, 2.75) is 17.7 Å². The normalized spacial score (nSPS) is 16.9. The second kappa shape index (κ2) is 10.2. The lowest BCUT2D eigenvalue weighted by molar-refractivity contribution is -0.121. The summed E-state index contributed by atoms with van der Waals surface area (Å²) in [5, 5.41) is 3.22. The highest BCUT2D eigenvalue weighted by atomic mass is 35.5. The Morgan fingerprint density at radius 3 is 2.56 bits per heavy atom. The van der Waals surface area contributed by atoms with E-state index in [1.807, 2.05) is 0 Å². The van der Waals surface area contributed by atoms with Gasteiger partial charge in [-0.2, -0.15) is 4.31 Å². The first-order valence-corrected chi connectivity index (χ1v) is 11.7. The standard InChI is InChI=1S/C21H24ClN3O6S/c1-30-18-9-6-16(11-19(18)31-13-20(23)26)24-21(27)14-3-2-10-25(12-14)32(28,29)17-7-4-15(22)5-8-17/h4-9,11,14H,2-3,10,12-13H2,1H3,(H2,23,26)(H,24,27). The highest BCUT2D eigenvalue weighted by Gasteiger charge is 2.33. The molecule has 172 valence electrons. The Morgan fingerprint density at radius 1 is 1.19 bits per heavy atom. The lowest BCUT2D eigenvalue weighted by Crippen LogP contribution is -2.43. The number of rotatable bonds is 8. The molecule has 2 aromatic carbocycles. The SMILES string of the molecule is COc1ccc(NC(=O)C2CCCN(S(=O)(=O)c3ccc(Cl)cc3)C2)cc1OCC(N)=O. The summed E-state index contributed by atoms with van der Waals surface area (Å²) in [5.41, 5.74) is 5.53.